The molecule has 2 rings (SSSR count). The lowest BCUT2D eigenvalue weighted by molar-refractivity contribution is 0.0711. The number of hydrogen-bond donors (Lipinski definition) is 3. The molecule has 0 bridgehead atoms. The molecule has 0 amide bonds. The van der Waals surface area contributed by atoms with Crippen molar-refractivity contribution in [3.63, 3.8) is 0 Å². The Balaban J connectivity index is 0.00000450. The number of rotatable bonds is 11. The van der Waals surface area contributed by atoms with Gasteiger partial charge >= 0.3 is 0 Å². The van der Waals surface area contributed by atoms with Crippen LogP contribution in [0.25, 0.3) is 0 Å². The highest BCUT2D eigenvalue weighted by Crippen LogP contribution is 2.25. The standard InChI is InChI=1S/C20H34N6OS2.HI/c1-6-21-18(23-14-20(4,27)16-9-8-12-29-16)22-11-7-10-17-24-25-19(28-5)26(17)13-15(2)3;/h8-9,12,15,27H,6-7,10-11,13-14H2,1-5H3,(H2,21,22,23);1H. The Morgan fingerprint density at radius 3 is 2.73 bits per heavy atom. The van der Waals surface area contributed by atoms with Gasteiger partial charge in [-0.25, -0.2) is 4.99 Å². The Bertz CT molecular complexity index is 761. The first kappa shape index (κ1) is 27.2. The largest absolute Gasteiger partial charge is 0.383 e. The quantitative estimate of drug-likeness (QED) is 0.126. The van der Waals surface area contributed by atoms with Crippen LogP contribution in [0.1, 0.15) is 44.8 Å². The average Bonchev–Trinajstić information content (AvgIpc) is 3.33. The van der Waals surface area contributed by atoms with Crippen molar-refractivity contribution in [2.45, 2.75) is 57.8 Å². The van der Waals surface area contributed by atoms with E-state index >= 15 is 0 Å². The summed E-state index contributed by atoms with van der Waals surface area (Å²) in [6.07, 6.45) is 3.83. The zero-order valence-electron chi connectivity index (χ0n) is 18.5. The summed E-state index contributed by atoms with van der Waals surface area (Å²) in [6, 6.07) is 3.89. The molecule has 2 heterocycles. The monoisotopic (exact) mass is 566 g/mol. The van der Waals surface area contributed by atoms with Gasteiger partial charge in [0.05, 0.1) is 6.54 Å². The topological polar surface area (TPSA) is 87.4 Å². The smallest absolute Gasteiger partial charge is 0.191 e. The first-order valence-corrected chi connectivity index (χ1v) is 12.2. The van der Waals surface area contributed by atoms with Crippen LogP contribution in [0.4, 0.5) is 0 Å². The number of hydrogen-bond acceptors (Lipinski definition) is 6. The molecule has 1 unspecified atom stereocenters. The fourth-order valence-corrected chi connectivity index (χ4v) is 4.20. The molecule has 2 aromatic rings. The number of aryl methyl sites for hydroxylation is 1. The van der Waals surface area contributed by atoms with Crippen molar-refractivity contribution in [1.82, 2.24) is 25.4 Å². The third kappa shape index (κ3) is 8.35. The molecular formula is C20H35IN6OS2. The minimum Gasteiger partial charge on any atom is -0.383 e. The lowest BCUT2D eigenvalue weighted by Gasteiger charge is -2.20. The van der Waals surface area contributed by atoms with E-state index in [1.54, 1.807) is 30.0 Å². The summed E-state index contributed by atoms with van der Waals surface area (Å²) in [7, 11) is 0. The van der Waals surface area contributed by atoms with E-state index in [0.29, 0.717) is 12.5 Å². The Morgan fingerprint density at radius 2 is 2.13 bits per heavy atom. The number of thioether (sulfide) groups is 1. The summed E-state index contributed by atoms with van der Waals surface area (Å²) in [5, 5.41) is 28.9. The van der Waals surface area contributed by atoms with Gasteiger partial charge in [-0.2, -0.15) is 0 Å². The fourth-order valence-electron chi connectivity index (χ4n) is 2.89. The maximum Gasteiger partial charge on any atom is 0.191 e. The van der Waals surface area contributed by atoms with Crippen molar-refractivity contribution >= 4 is 53.0 Å². The minimum absolute atomic E-state index is 0. The third-order valence-electron chi connectivity index (χ3n) is 4.33. The Labute approximate surface area is 205 Å². The molecule has 1 atom stereocenters. The molecule has 7 nitrogen and oxygen atoms in total. The molecular weight excluding hydrogens is 531 g/mol. The summed E-state index contributed by atoms with van der Waals surface area (Å²) in [5.41, 5.74) is -0.960. The van der Waals surface area contributed by atoms with Gasteiger partial charge in [-0.3, -0.25) is 0 Å². The second-order valence-electron chi connectivity index (χ2n) is 7.58. The maximum absolute atomic E-state index is 10.7. The molecule has 0 aliphatic carbocycles. The number of aromatic nitrogens is 3. The number of aliphatic hydroxyl groups is 1. The highest BCUT2D eigenvalue weighted by Gasteiger charge is 2.24. The lowest BCUT2D eigenvalue weighted by Crippen LogP contribution is -2.39. The van der Waals surface area contributed by atoms with Crippen molar-refractivity contribution < 1.29 is 5.11 Å². The van der Waals surface area contributed by atoms with Crippen molar-refractivity contribution in [2.24, 2.45) is 10.9 Å². The van der Waals surface area contributed by atoms with Crippen LogP contribution in [-0.4, -0.2) is 51.7 Å². The third-order valence-corrected chi connectivity index (χ3v) is 6.12. The van der Waals surface area contributed by atoms with Crippen LogP contribution in [0.3, 0.4) is 0 Å². The second-order valence-corrected chi connectivity index (χ2v) is 9.31. The first-order valence-electron chi connectivity index (χ1n) is 10.1. The van der Waals surface area contributed by atoms with Crippen LogP contribution >= 0.6 is 47.1 Å². The van der Waals surface area contributed by atoms with Gasteiger partial charge in [0.2, 0.25) is 0 Å². The average molecular weight is 567 g/mol. The lowest BCUT2D eigenvalue weighted by atomic mass is 10.1. The highest BCUT2D eigenvalue weighted by atomic mass is 127. The van der Waals surface area contributed by atoms with Gasteiger partial charge in [-0.15, -0.1) is 45.5 Å². The van der Waals surface area contributed by atoms with Crippen molar-refractivity contribution in [2.75, 3.05) is 25.9 Å². The molecule has 0 spiro atoms. The fraction of sp³-hybridized carbons (Fsp3) is 0.650. The SMILES string of the molecule is CCNC(=NCC(C)(O)c1cccs1)NCCCc1nnc(SC)n1CC(C)C.I. The van der Waals surface area contributed by atoms with Crippen LogP contribution in [0, 0.1) is 5.92 Å². The summed E-state index contributed by atoms with van der Waals surface area (Å²) >= 11 is 3.18. The summed E-state index contributed by atoms with van der Waals surface area (Å²) < 4.78 is 2.23. The van der Waals surface area contributed by atoms with E-state index in [4.69, 9.17) is 0 Å². The molecule has 0 aliphatic heterocycles. The molecule has 30 heavy (non-hydrogen) atoms. The van der Waals surface area contributed by atoms with E-state index in [0.717, 1.165) is 54.3 Å². The molecule has 0 saturated heterocycles. The van der Waals surface area contributed by atoms with Gasteiger partial charge in [0, 0.05) is 30.9 Å². The Kier molecular flexibility index (Phi) is 12.3. The molecule has 0 aliphatic rings. The van der Waals surface area contributed by atoms with Crippen LogP contribution in [0.5, 0.6) is 0 Å². The van der Waals surface area contributed by atoms with Gasteiger partial charge in [0.1, 0.15) is 11.4 Å². The highest BCUT2D eigenvalue weighted by molar-refractivity contribution is 14.0. The van der Waals surface area contributed by atoms with E-state index in [9.17, 15) is 5.11 Å². The summed E-state index contributed by atoms with van der Waals surface area (Å²) in [5.74, 6) is 2.31. The minimum atomic E-state index is -0.960. The molecule has 2 aromatic heterocycles. The van der Waals surface area contributed by atoms with E-state index in [-0.39, 0.29) is 24.0 Å². The van der Waals surface area contributed by atoms with Crippen molar-refractivity contribution in [3.05, 3.63) is 28.2 Å². The first-order chi connectivity index (χ1) is 13.9. The number of nitrogens with zero attached hydrogens (tertiary/aromatic N) is 4. The van der Waals surface area contributed by atoms with Gasteiger partial charge in [-0.1, -0.05) is 31.7 Å². The van der Waals surface area contributed by atoms with Crippen LogP contribution in [0.2, 0.25) is 0 Å². The van der Waals surface area contributed by atoms with E-state index in [2.05, 4.69) is 44.2 Å². The van der Waals surface area contributed by atoms with Crippen molar-refractivity contribution in [1.29, 1.82) is 0 Å². The number of aliphatic imine (C=N–C) groups is 1. The summed E-state index contributed by atoms with van der Waals surface area (Å²) in [4.78, 5) is 5.50. The predicted molar refractivity (Wildman–Crippen MR) is 138 cm³/mol. The number of guanidine groups is 1. The molecule has 0 radical (unpaired) electrons. The van der Waals surface area contributed by atoms with Gasteiger partial charge in [0.25, 0.3) is 0 Å². The summed E-state index contributed by atoms with van der Waals surface area (Å²) in [6.45, 7) is 11.0. The Morgan fingerprint density at radius 1 is 1.37 bits per heavy atom. The molecule has 0 aromatic carbocycles. The molecule has 0 saturated carbocycles. The number of halogens is 1. The van der Waals surface area contributed by atoms with Gasteiger partial charge < -0.3 is 20.3 Å². The molecule has 10 heteroatoms. The zero-order chi connectivity index (χ0) is 21.3. The van der Waals surface area contributed by atoms with Gasteiger partial charge in [-0.05, 0) is 43.9 Å². The molecule has 0 fully saturated rings. The number of nitrogens with one attached hydrogen (secondary N) is 2. The second kappa shape index (κ2) is 13.5. The van der Waals surface area contributed by atoms with Crippen LogP contribution in [0.15, 0.2) is 27.7 Å². The van der Waals surface area contributed by atoms with Crippen LogP contribution in [-0.2, 0) is 18.6 Å². The normalized spacial score (nSPS) is 13.8. The van der Waals surface area contributed by atoms with Gasteiger partial charge in [0.15, 0.2) is 11.1 Å². The Hall–Kier alpha value is -0.850. The van der Waals surface area contributed by atoms with E-state index in [1.165, 1.54) is 0 Å². The van der Waals surface area contributed by atoms with Crippen molar-refractivity contribution in [3.8, 4) is 0 Å². The maximum atomic E-state index is 10.7. The van der Waals surface area contributed by atoms with E-state index in [1.807, 2.05) is 30.7 Å². The molecule has 3 N–H and O–H groups in total. The molecule has 170 valence electrons. The van der Waals surface area contributed by atoms with E-state index < -0.39 is 5.60 Å². The number of thiophene rings is 1. The predicted octanol–water partition coefficient (Wildman–Crippen LogP) is 3.73. The van der Waals surface area contributed by atoms with Crippen LogP contribution < -0.4 is 10.6 Å². The zero-order valence-corrected chi connectivity index (χ0v) is 22.5.